The maximum absolute atomic E-state index is 12.0. The van der Waals surface area contributed by atoms with Crippen LogP contribution in [0.3, 0.4) is 0 Å². The zero-order chi connectivity index (χ0) is 17.7. The second-order valence-corrected chi connectivity index (χ2v) is 5.93. The van der Waals surface area contributed by atoms with Crippen molar-refractivity contribution in [1.29, 1.82) is 0 Å². The third-order valence-electron chi connectivity index (χ3n) is 3.03. The van der Waals surface area contributed by atoms with Crippen LogP contribution in [-0.2, 0) is 4.79 Å². The number of carbonyl (C=O) groups excluding carboxylic acids is 2. The van der Waals surface area contributed by atoms with E-state index in [1.165, 1.54) is 25.3 Å². The molecule has 2 rings (SSSR count). The predicted molar refractivity (Wildman–Crippen MR) is 95.4 cm³/mol. The SMILES string of the molecule is COc1ccc(NC(=O)CNC(=O)c2ccc(Cl)c(Cl)c2)cc1Cl. The topological polar surface area (TPSA) is 67.4 Å². The number of ether oxygens (including phenoxy) is 1. The van der Waals surface area contributed by atoms with Crippen molar-refractivity contribution in [3.05, 3.63) is 57.0 Å². The first-order valence-electron chi connectivity index (χ1n) is 6.77. The summed E-state index contributed by atoms with van der Waals surface area (Å²) in [6, 6.07) is 9.29. The van der Waals surface area contributed by atoms with E-state index in [0.29, 0.717) is 27.0 Å². The third-order valence-corrected chi connectivity index (χ3v) is 4.06. The van der Waals surface area contributed by atoms with Gasteiger partial charge in [0.1, 0.15) is 5.75 Å². The predicted octanol–water partition coefficient (Wildman–Crippen LogP) is 4.02. The van der Waals surface area contributed by atoms with E-state index in [-0.39, 0.29) is 11.6 Å². The van der Waals surface area contributed by atoms with Gasteiger partial charge in [-0.2, -0.15) is 0 Å². The number of methoxy groups -OCH3 is 1. The zero-order valence-electron chi connectivity index (χ0n) is 12.5. The summed E-state index contributed by atoms with van der Waals surface area (Å²) in [6.45, 7) is -0.206. The summed E-state index contributed by atoms with van der Waals surface area (Å²) in [5, 5.41) is 6.10. The Labute approximate surface area is 153 Å². The molecule has 0 aromatic heterocycles. The van der Waals surface area contributed by atoms with Gasteiger partial charge in [0.05, 0.1) is 28.7 Å². The molecule has 2 aromatic carbocycles. The molecule has 0 saturated carbocycles. The monoisotopic (exact) mass is 386 g/mol. The Hall–Kier alpha value is -1.95. The standard InChI is InChI=1S/C16H13Cl3N2O3/c1-24-14-5-3-10(7-13(14)19)21-15(22)8-20-16(23)9-2-4-11(17)12(18)6-9/h2-7H,8H2,1H3,(H,20,23)(H,21,22). The van der Waals surface area contributed by atoms with E-state index in [1.54, 1.807) is 18.2 Å². The third kappa shape index (κ3) is 4.77. The maximum Gasteiger partial charge on any atom is 0.251 e. The van der Waals surface area contributed by atoms with Crippen molar-refractivity contribution in [3.8, 4) is 5.75 Å². The van der Waals surface area contributed by atoms with Crippen molar-refractivity contribution in [3.63, 3.8) is 0 Å². The smallest absolute Gasteiger partial charge is 0.251 e. The van der Waals surface area contributed by atoms with Crippen LogP contribution >= 0.6 is 34.8 Å². The minimum absolute atomic E-state index is 0.206. The molecule has 5 nitrogen and oxygen atoms in total. The number of nitrogens with one attached hydrogen (secondary N) is 2. The first-order chi connectivity index (χ1) is 11.4. The van der Waals surface area contributed by atoms with E-state index >= 15 is 0 Å². The maximum atomic E-state index is 12.0. The summed E-state index contributed by atoms with van der Waals surface area (Å²) in [7, 11) is 1.50. The van der Waals surface area contributed by atoms with Gasteiger partial charge in [-0.25, -0.2) is 0 Å². The largest absolute Gasteiger partial charge is 0.495 e. The normalized spacial score (nSPS) is 10.2. The van der Waals surface area contributed by atoms with Crippen molar-refractivity contribution in [2.75, 3.05) is 19.0 Å². The molecule has 0 heterocycles. The van der Waals surface area contributed by atoms with Gasteiger partial charge in [0, 0.05) is 11.3 Å². The molecule has 0 aliphatic rings. The summed E-state index contributed by atoms with van der Waals surface area (Å²) in [5.74, 6) is -0.330. The molecule has 2 aromatic rings. The van der Waals surface area contributed by atoms with Crippen LogP contribution in [0.4, 0.5) is 5.69 Å². The second kappa shape index (κ2) is 8.24. The summed E-state index contributed by atoms with van der Waals surface area (Å²) in [5.41, 5.74) is 0.805. The van der Waals surface area contributed by atoms with E-state index < -0.39 is 11.8 Å². The average molecular weight is 388 g/mol. The van der Waals surface area contributed by atoms with Gasteiger partial charge in [-0.05, 0) is 36.4 Å². The highest BCUT2D eigenvalue weighted by Crippen LogP contribution is 2.27. The van der Waals surface area contributed by atoms with Crippen LogP contribution in [0.1, 0.15) is 10.4 Å². The Morgan fingerprint density at radius 3 is 2.38 bits per heavy atom. The number of halogens is 3. The van der Waals surface area contributed by atoms with Gasteiger partial charge in [-0.15, -0.1) is 0 Å². The molecule has 0 bridgehead atoms. The van der Waals surface area contributed by atoms with Gasteiger partial charge < -0.3 is 15.4 Å². The number of hydrogen-bond donors (Lipinski definition) is 2. The number of carbonyl (C=O) groups is 2. The summed E-state index contributed by atoms with van der Waals surface area (Å²) >= 11 is 17.6. The van der Waals surface area contributed by atoms with Crippen LogP contribution in [0.25, 0.3) is 0 Å². The van der Waals surface area contributed by atoms with Crippen molar-refractivity contribution < 1.29 is 14.3 Å². The van der Waals surface area contributed by atoms with Gasteiger partial charge in [0.25, 0.3) is 5.91 Å². The lowest BCUT2D eigenvalue weighted by Gasteiger charge is -2.09. The highest BCUT2D eigenvalue weighted by atomic mass is 35.5. The molecule has 0 unspecified atom stereocenters. The minimum Gasteiger partial charge on any atom is -0.495 e. The van der Waals surface area contributed by atoms with E-state index in [2.05, 4.69) is 10.6 Å². The van der Waals surface area contributed by atoms with Gasteiger partial charge in [-0.1, -0.05) is 34.8 Å². The van der Waals surface area contributed by atoms with Gasteiger partial charge in [0.15, 0.2) is 0 Å². The summed E-state index contributed by atoms with van der Waals surface area (Å²) < 4.78 is 5.03. The van der Waals surface area contributed by atoms with Crippen molar-refractivity contribution >= 4 is 52.3 Å². The molecule has 0 saturated heterocycles. The first kappa shape index (κ1) is 18.4. The Kier molecular flexibility index (Phi) is 6.31. The molecular formula is C16H13Cl3N2O3. The van der Waals surface area contributed by atoms with Crippen LogP contribution in [0.15, 0.2) is 36.4 Å². The number of rotatable bonds is 5. The fourth-order valence-electron chi connectivity index (χ4n) is 1.85. The second-order valence-electron chi connectivity index (χ2n) is 4.71. The van der Waals surface area contributed by atoms with E-state index in [0.717, 1.165) is 0 Å². The quantitative estimate of drug-likeness (QED) is 0.814. The molecule has 0 fully saturated rings. The Morgan fingerprint density at radius 2 is 1.75 bits per heavy atom. The van der Waals surface area contributed by atoms with Crippen LogP contribution < -0.4 is 15.4 Å². The highest BCUT2D eigenvalue weighted by molar-refractivity contribution is 6.42. The van der Waals surface area contributed by atoms with Gasteiger partial charge in [0.2, 0.25) is 5.91 Å². The van der Waals surface area contributed by atoms with E-state index in [9.17, 15) is 9.59 Å². The van der Waals surface area contributed by atoms with Gasteiger partial charge >= 0.3 is 0 Å². The molecule has 2 N–H and O–H groups in total. The van der Waals surface area contributed by atoms with Crippen molar-refractivity contribution in [2.45, 2.75) is 0 Å². The molecule has 0 spiro atoms. The van der Waals surface area contributed by atoms with Crippen LogP contribution in [-0.4, -0.2) is 25.5 Å². The lowest BCUT2D eigenvalue weighted by atomic mass is 10.2. The van der Waals surface area contributed by atoms with Gasteiger partial charge in [-0.3, -0.25) is 9.59 Å². The van der Waals surface area contributed by atoms with E-state index in [1.807, 2.05) is 0 Å². The Bertz CT molecular complexity index is 781. The number of anilines is 1. The molecule has 0 aliphatic carbocycles. The Morgan fingerprint density at radius 1 is 1.00 bits per heavy atom. The molecule has 0 radical (unpaired) electrons. The molecule has 0 atom stereocenters. The van der Waals surface area contributed by atoms with Crippen LogP contribution in [0.5, 0.6) is 5.75 Å². The Balaban J connectivity index is 1.91. The number of hydrogen-bond acceptors (Lipinski definition) is 3. The fraction of sp³-hybridized carbons (Fsp3) is 0.125. The fourth-order valence-corrected chi connectivity index (χ4v) is 2.41. The molecule has 2 amide bonds. The first-order valence-corrected chi connectivity index (χ1v) is 7.90. The highest BCUT2D eigenvalue weighted by Gasteiger charge is 2.11. The number of amides is 2. The van der Waals surface area contributed by atoms with Crippen LogP contribution in [0.2, 0.25) is 15.1 Å². The van der Waals surface area contributed by atoms with E-state index in [4.69, 9.17) is 39.5 Å². The number of benzene rings is 2. The summed E-state index contributed by atoms with van der Waals surface area (Å²) in [4.78, 5) is 23.9. The molecule has 0 aliphatic heterocycles. The molecule has 24 heavy (non-hydrogen) atoms. The molecule has 8 heteroatoms. The average Bonchev–Trinajstić information content (AvgIpc) is 2.55. The zero-order valence-corrected chi connectivity index (χ0v) is 14.8. The van der Waals surface area contributed by atoms with Crippen molar-refractivity contribution in [1.82, 2.24) is 5.32 Å². The van der Waals surface area contributed by atoms with Crippen molar-refractivity contribution in [2.24, 2.45) is 0 Å². The lowest BCUT2D eigenvalue weighted by Crippen LogP contribution is -2.32. The molecule has 126 valence electrons. The summed E-state index contributed by atoms with van der Waals surface area (Å²) in [6.07, 6.45) is 0. The lowest BCUT2D eigenvalue weighted by molar-refractivity contribution is -0.115. The molecular weight excluding hydrogens is 375 g/mol. The van der Waals surface area contributed by atoms with Crippen LogP contribution in [0, 0.1) is 0 Å². The minimum atomic E-state index is -0.434.